The summed E-state index contributed by atoms with van der Waals surface area (Å²) in [6.07, 6.45) is -1.21. The summed E-state index contributed by atoms with van der Waals surface area (Å²) in [5.74, 6) is -0.536. The lowest BCUT2D eigenvalue weighted by atomic mass is 9.95. The summed E-state index contributed by atoms with van der Waals surface area (Å²) < 4.78 is 13.7. The summed E-state index contributed by atoms with van der Waals surface area (Å²) in [7, 11) is 0. The largest absolute Gasteiger partial charge is 0.465 e. The molecule has 1 unspecified atom stereocenters. The fraction of sp³-hybridized carbons (Fsp3) is 0.417. The highest BCUT2D eigenvalue weighted by atomic mass is 19.1. The molecule has 4 nitrogen and oxygen atoms in total. The van der Waals surface area contributed by atoms with Gasteiger partial charge in [0.15, 0.2) is 0 Å². The second-order valence-corrected chi connectivity index (χ2v) is 4.47. The molecule has 0 aliphatic rings. The Bertz CT molecular complexity index is 426. The maximum atomic E-state index is 13.7. The molecule has 0 spiro atoms. The zero-order chi connectivity index (χ0) is 13.2. The Morgan fingerprint density at radius 3 is 2.47 bits per heavy atom. The monoisotopic (exact) mass is 241 g/mol. The predicted octanol–water partition coefficient (Wildman–Crippen LogP) is 2.38. The van der Waals surface area contributed by atoms with E-state index in [1.54, 1.807) is 26.8 Å². The van der Waals surface area contributed by atoms with Crippen LogP contribution in [0.2, 0.25) is 0 Å². The highest BCUT2D eigenvalue weighted by molar-refractivity contribution is 5.65. The molecule has 0 heterocycles. The molecule has 1 aromatic carbocycles. The molecular formula is C12H16FNO3. The zero-order valence-corrected chi connectivity index (χ0v) is 9.99. The van der Waals surface area contributed by atoms with Gasteiger partial charge in [-0.1, -0.05) is 12.1 Å². The highest BCUT2D eigenvalue weighted by Crippen LogP contribution is 2.24. The van der Waals surface area contributed by atoms with Crippen LogP contribution >= 0.6 is 0 Å². The zero-order valence-electron chi connectivity index (χ0n) is 9.99. The molecule has 3 N–H and O–H groups in total. The maximum Gasteiger partial charge on any atom is 0.405 e. The summed E-state index contributed by atoms with van der Waals surface area (Å²) >= 11 is 0. The number of carbonyl (C=O) groups is 1. The van der Waals surface area contributed by atoms with Crippen molar-refractivity contribution in [3.8, 4) is 0 Å². The van der Waals surface area contributed by atoms with Gasteiger partial charge in [-0.15, -0.1) is 0 Å². The van der Waals surface area contributed by atoms with E-state index in [4.69, 9.17) is 5.11 Å². The Balaban J connectivity index is 3.02. The molecule has 0 saturated carbocycles. The number of halogens is 1. The van der Waals surface area contributed by atoms with Crippen LogP contribution in [0.15, 0.2) is 18.2 Å². The number of benzene rings is 1. The topological polar surface area (TPSA) is 69.6 Å². The first kappa shape index (κ1) is 13.4. The number of rotatable bonds is 3. The summed E-state index contributed by atoms with van der Waals surface area (Å²) in [5.41, 5.74) is -0.426. The van der Waals surface area contributed by atoms with Crippen LogP contribution in [-0.4, -0.2) is 16.3 Å². The lowest BCUT2D eigenvalue weighted by molar-refractivity contribution is 0.0781. The minimum atomic E-state index is -1.21. The molecule has 17 heavy (non-hydrogen) atoms. The lowest BCUT2D eigenvalue weighted by Crippen LogP contribution is -2.25. The number of aliphatic hydroxyl groups is 1. The predicted molar refractivity (Wildman–Crippen MR) is 61.2 cm³/mol. The molecule has 1 aromatic rings. The minimum Gasteiger partial charge on any atom is -0.465 e. The molecule has 0 aliphatic heterocycles. The normalized spacial score (nSPS) is 13.2. The van der Waals surface area contributed by atoms with Crippen LogP contribution in [0.25, 0.3) is 0 Å². The van der Waals surface area contributed by atoms with E-state index in [2.05, 4.69) is 5.32 Å². The van der Waals surface area contributed by atoms with Crippen LogP contribution in [-0.2, 0) is 5.60 Å². The third-order valence-electron chi connectivity index (χ3n) is 2.51. The number of nitrogens with one attached hydrogen (secondary N) is 1. The van der Waals surface area contributed by atoms with E-state index in [9.17, 15) is 14.3 Å². The SMILES string of the molecule is CC(NC(=O)O)c1ccc(C(C)(C)O)cc1F. The van der Waals surface area contributed by atoms with E-state index in [0.717, 1.165) is 0 Å². The van der Waals surface area contributed by atoms with Crippen molar-refractivity contribution in [3.63, 3.8) is 0 Å². The fourth-order valence-electron chi connectivity index (χ4n) is 1.52. The molecule has 0 aromatic heterocycles. The lowest BCUT2D eigenvalue weighted by Gasteiger charge is -2.20. The second-order valence-electron chi connectivity index (χ2n) is 4.47. The van der Waals surface area contributed by atoms with Crippen LogP contribution in [0, 0.1) is 5.82 Å². The highest BCUT2D eigenvalue weighted by Gasteiger charge is 2.19. The van der Waals surface area contributed by atoms with E-state index in [1.807, 2.05) is 0 Å². The van der Waals surface area contributed by atoms with Crippen LogP contribution in [0.5, 0.6) is 0 Å². The van der Waals surface area contributed by atoms with Crippen LogP contribution in [0.1, 0.15) is 37.9 Å². The molecule has 0 radical (unpaired) electrons. The number of hydrogen-bond acceptors (Lipinski definition) is 2. The van der Waals surface area contributed by atoms with Gasteiger partial charge < -0.3 is 15.5 Å². The van der Waals surface area contributed by atoms with E-state index in [1.165, 1.54) is 12.1 Å². The van der Waals surface area contributed by atoms with Gasteiger partial charge in [-0.05, 0) is 32.4 Å². The van der Waals surface area contributed by atoms with E-state index < -0.39 is 23.6 Å². The summed E-state index contributed by atoms with van der Waals surface area (Å²) in [6, 6.07) is 3.64. The van der Waals surface area contributed by atoms with Crippen LogP contribution in [0.4, 0.5) is 9.18 Å². The van der Waals surface area contributed by atoms with Crippen LogP contribution < -0.4 is 5.32 Å². The van der Waals surface area contributed by atoms with Crippen molar-refractivity contribution >= 4 is 6.09 Å². The van der Waals surface area contributed by atoms with Gasteiger partial charge in [0.1, 0.15) is 5.82 Å². The van der Waals surface area contributed by atoms with Gasteiger partial charge in [0.05, 0.1) is 11.6 Å². The van der Waals surface area contributed by atoms with Gasteiger partial charge in [0.25, 0.3) is 0 Å². The first-order valence-corrected chi connectivity index (χ1v) is 5.23. The first-order chi connectivity index (χ1) is 7.71. The average molecular weight is 241 g/mol. The van der Waals surface area contributed by atoms with Gasteiger partial charge in [-0.3, -0.25) is 0 Å². The molecule has 5 heteroatoms. The third-order valence-corrected chi connectivity index (χ3v) is 2.51. The fourth-order valence-corrected chi connectivity index (χ4v) is 1.52. The molecule has 0 aliphatic carbocycles. The van der Waals surface area contributed by atoms with Crippen molar-refractivity contribution in [3.05, 3.63) is 35.1 Å². The quantitative estimate of drug-likeness (QED) is 0.761. The van der Waals surface area contributed by atoms with Gasteiger partial charge in [0, 0.05) is 5.56 Å². The van der Waals surface area contributed by atoms with Crippen molar-refractivity contribution in [2.75, 3.05) is 0 Å². The van der Waals surface area contributed by atoms with Crippen LogP contribution in [0.3, 0.4) is 0 Å². The summed E-state index contributed by atoms with van der Waals surface area (Å²) in [6.45, 7) is 4.66. The molecular weight excluding hydrogens is 225 g/mol. The molecule has 0 bridgehead atoms. The first-order valence-electron chi connectivity index (χ1n) is 5.23. The Morgan fingerprint density at radius 2 is 2.06 bits per heavy atom. The maximum absolute atomic E-state index is 13.7. The molecule has 1 atom stereocenters. The Kier molecular flexibility index (Phi) is 3.72. The van der Waals surface area contributed by atoms with Gasteiger partial charge in [-0.2, -0.15) is 0 Å². The third kappa shape index (κ3) is 3.42. The second kappa shape index (κ2) is 4.71. The standard InChI is InChI=1S/C12H16FNO3/c1-7(14-11(15)16)9-5-4-8(6-10(9)13)12(2,3)17/h4-7,14,17H,1-3H3,(H,15,16). The van der Waals surface area contributed by atoms with Crippen molar-refractivity contribution in [2.24, 2.45) is 0 Å². The van der Waals surface area contributed by atoms with Crippen molar-refractivity contribution < 1.29 is 19.4 Å². The molecule has 1 amide bonds. The average Bonchev–Trinajstić information content (AvgIpc) is 2.14. The van der Waals surface area contributed by atoms with Crippen molar-refractivity contribution in [2.45, 2.75) is 32.4 Å². The summed E-state index contributed by atoms with van der Waals surface area (Å²) in [4.78, 5) is 10.4. The Morgan fingerprint density at radius 1 is 1.47 bits per heavy atom. The van der Waals surface area contributed by atoms with E-state index >= 15 is 0 Å². The van der Waals surface area contributed by atoms with E-state index in [-0.39, 0.29) is 5.56 Å². The Hall–Kier alpha value is -1.62. The van der Waals surface area contributed by atoms with Gasteiger partial charge >= 0.3 is 6.09 Å². The molecule has 1 rings (SSSR count). The molecule has 94 valence electrons. The van der Waals surface area contributed by atoms with Gasteiger partial charge in [-0.25, -0.2) is 9.18 Å². The molecule has 0 fully saturated rings. The Labute approximate surface area is 99.1 Å². The smallest absolute Gasteiger partial charge is 0.405 e. The van der Waals surface area contributed by atoms with Crippen molar-refractivity contribution in [1.82, 2.24) is 5.32 Å². The number of amides is 1. The number of carboxylic acid groups (broad SMARTS) is 1. The van der Waals surface area contributed by atoms with Crippen molar-refractivity contribution in [1.29, 1.82) is 0 Å². The van der Waals surface area contributed by atoms with E-state index in [0.29, 0.717) is 5.56 Å². The molecule has 0 saturated heterocycles. The minimum absolute atomic E-state index is 0.250. The van der Waals surface area contributed by atoms with Gasteiger partial charge in [0.2, 0.25) is 0 Å². The summed E-state index contributed by atoms with van der Waals surface area (Å²) in [5, 5.41) is 20.4. The number of hydrogen-bond donors (Lipinski definition) is 3.